The molecule has 1 atom stereocenters. The summed E-state index contributed by atoms with van der Waals surface area (Å²) in [5, 5.41) is 8.01. The summed E-state index contributed by atoms with van der Waals surface area (Å²) in [5.41, 5.74) is 3.59. The summed E-state index contributed by atoms with van der Waals surface area (Å²) >= 11 is 0. The molecule has 0 saturated carbocycles. The number of H-pyrrole nitrogens is 1. The largest absolute Gasteiger partial charge is 0.493 e. The van der Waals surface area contributed by atoms with E-state index in [0.29, 0.717) is 36.5 Å². The highest BCUT2D eigenvalue weighted by molar-refractivity contribution is 5.96. The second-order valence-electron chi connectivity index (χ2n) is 7.93. The van der Waals surface area contributed by atoms with Gasteiger partial charge in [0.1, 0.15) is 11.6 Å². The summed E-state index contributed by atoms with van der Waals surface area (Å²) in [5.74, 6) is 0.0184. The fraction of sp³-hybridized carbons (Fsp3) is 0.269. The van der Waals surface area contributed by atoms with Crippen LogP contribution in [0.3, 0.4) is 0 Å². The molecule has 4 rings (SSSR count). The number of fused-ring (bicyclic) bond motifs is 1. The van der Waals surface area contributed by atoms with Gasteiger partial charge < -0.3 is 14.4 Å². The molecule has 2 aromatic carbocycles. The van der Waals surface area contributed by atoms with Crippen molar-refractivity contribution in [1.82, 2.24) is 20.1 Å². The predicted molar refractivity (Wildman–Crippen MR) is 128 cm³/mol. The first-order chi connectivity index (χ1) is 16.5. The second kappa shape index (κ2) is 10.4. The molecule has 176 valence electrons. The van der Waals surface area contributed by atoms with Crippen LogP contribution in [0.4, 0.5) is 4.39 Å². The molecule has 0 fully saturated rings. The highest BCUT2D eigenvalue weighted by atomic mass is 19.1. The molecule has 0 radical (unpaired) electrons. The Hall–Kier alpha value is -3.78. The molecule has 1 amide bonds. The Kier molecular flexibility index (Phi) is 7.18. The number of methoxy groups -OCH3 is 1. The van der Waals surface area contributed by atoms with E-state index in [2.05, 4.69) is 15.2 Å². The molecule has 0 saturated heterocycles. The summed E-state index contributed by atoms with van der Waals surface area (Å²) < 4.78 is 24.9. The van der Waals surface area contributed by atoms with E-state index >= 15 is 0 Å². The lowest BCUT2D eigenvalue weighted by Gasteiger charge is -2.29. The summed E-state index contributed by atoms with van der Waals surface area (Å²) in [7, 11) is 3.39. The van der Waals surface area contributed by atoms with Crippen LogP contribution in [0.5, 0.6) is 5.75 Å². The summed E-state index contributed by atoms with van der Waals surface area (Å²) in [6.07, 6.45) is 5.78. The first kappa shape index (κ1) is 23.4. The van der Waals surface area contributed by atoms with Crippen LogP contribution >= 0.6 is 0 Å². The number of benzene rings is 2. The Labute approximate surface area is 197 Å². The van der Waals surface area contributed by atoms with Gasteiger partial charge in [0.25, 0.3) is 5.91 Å². The van der Waals surface area contributed by atoms with Crippen molar-refractivity contribution in [3.8, 4) is 16.9 Å². The maximum atomic E-state index is 13.8. The fourth-order valence-corrected chi connectivity index (χ4v) is 4.10. The van der Waals surface area contributed by atoms with Crippen LogP contribution in [0.2, 0.25) is 0 Å². The van der Waals surface area contributed by atoms with Gasteiger partial charge in [0.2, 0.25) is 0 Å². The summed E-state index contributed by atoms with van der Waals surface area (Å²) in [4.78, 5) is 19.6. The molecule has 34 heavy (non-hydrogen) atoms. The number of halogens is 1. The number of nitrogens with zero attached hydrogens (tertiary/aromatic N) is 3. The smallest absolute Gasteiger partial charge is 0.254 e. The Morgan fingerprint density at radius 1 is 1.18 bits per heavy atom. The fourth-order valence-electron chi connectivity index (χ4n) is 4.10. The number of ether oxygens (including phenoxy) is 2. The van der Waals surface area contributed by atoms with E-state index in [1.54, 1.807) is 61.9 Å². The number of carbonyl (C=O) groups is 1. The van der Waals surface area contributed by atoms with Gasteiger partial charge >= 0.3 is 0 Å². The Balaban J connectivity index is 1.69. The number of amides is 1. The van der Waals surface area contributed by atoms with Gasteiger partial charge in [0, 0.05) is 55.2 Å². The van der Waals surface area contributed by atoms with Gasteiger partial charge in [-0.05, 0) is 49.2 Å². The van der Waals surface area contributed by atoms with E-state index in [0.717, 1.165) is 22.0 Å². The normalized spacial score (nSPS) is 12.0. The minimum atomic E-state index is -0.331. The number of carbonyl (C=O) groups excluding carboxylic acids is 1. The van der Waals surface area contributed by atoms with Crippen LogP contribution in [0.1, 0.15) is 35.3 Å². The number of hydrogen-bond acceptors (Lipinski definition) is 5. The number of hydrogen-bond donors (Lipinski definition) is 1. The van der Waals surface area contributed by atoms with Crippen molar-refractivity contribution in [1.29, 1.82) is 0 Å². The van der Waals surface area contributed by atoms with E-state index < -0.39 is 0 Å². The van der Waals surface area contributed by atoms with Crippen molar-refractivity contribution < 1.29 is 18.7 Å². The van der Waals surface area contributed by atoms with Gasteiger partial charge in [0.15, 0.2) is 0 Å². The van der Waals surface area contributed by atoms with Crippen LogP contribution < -0.4 is 4.74 Å². The highest BCUT2D eigenvalue weighted by Crippen LogP contribution is 2.34. The third kappa shape index (κ3) is 4.77. The predicted octanol–water partition coefficient (Wildman–Crippen LogP) is 5.01. The van der Waals surface area contributed by atoms with E-state index in [4.69, 9.17) is 9.47 Å². The minimum absolute atomic E-state index is 0.177. The van der Waals surface area contributed by atoms with Gasteiger partial charge in [-0.25, -0.2) is 4.39 Å². The molecule has 8 heteroatoms. The molecular formula is C26H27FN4O3. The van der Waals surface area contributed by atoms with Crippen molar-refractivity contribution in [2.75, 3.05) is 27.4 Å². The van der Waals surface area contributed by atoms with Gasteiger partial charge in [0.05, 0.1) is 24.4 Å². The number of aromatic amines is 1. The van der Waals surface area contributed by atoms with Crippen LogP contribution in [-0.2, 0) is 4.74 Å². The molecule has 7 nitrogen and oxygen atoms in total. The number of rotatable bonds is 9. The van der Waals surface area contributed by atoms with Crippen molar-refractivity contribution in [2.24, 2.45) is 0 Å². The summed E-state index contributed by atoms with van der Waals surface area (Å²) in [6, 6.07) is 11.3. The molecule has 1 N–H and O–H groups in total. The van der Waals surface area contributed by atoms with Crippen LogP contribution in [0.25, 0.3) is 22.0 Å². The zero-order chi connectivity index (χ0) is 24.1. The van der Waals surface area contributed by atoms with E-state index in [1.165, 1.54) is 12.1 Å². The average Bonchev–Trinajstić information content (AvgIpc) is 3.33. The minimum Gasteiger partial charge on any atom is -0.493 e. The molecular weight excluding hydrogens is 435 g/mol. The SMILES string of the molecule is CCOc1cc(C(=O)N(C)[C@H](CCOC)c2cncc3cn[nH]c23)ccc1-c1cccc(F)c1. The number of nitrogens with one attached hydrogen (secondary N) is 1. The molecule has 0 bridgehead atoms. The lowest BCUT2D eigenvalue weighted by Crippen LogP contribution is -2.32. The van der Waals surface area contributed by atoms with Gasteiger partial charge in [-0.1, -0.05) is 12.1 Å². The molecule has 2 aromatic heterocycles. The van der Waals surface area contributed by atoms with Gasteiger partial charge in [-0.3, -0.25) is 14.9 Å². The zero-order valence-electron chi connectivity index (χ0n) is 19.4. The Bertz CT molecular complexity index is 1290. The molecule has 0 aliphatic rings. The molecule has 0 unspecified atom stereocenters. The zero-order valence-corrected chi connectivity index (χ0v) is 19.4. The first-order valence-electron chi connectivity index (χ1n) is 11.1. The van der Waals surface area contributed by atoms with Crippen molar-refractivity contribution in [3.05, 3.63) is 78.0 Å². The maximum absolute atomic E-state index is 13.8. The number of pyridine rings is 1. The molecule has 4 aromatic rings. The van der Waals surface area contributed by atoms with Gasteiger partial charge in [-0.2, -0.15) is 5.10 Å². The topological polar surface area (TPSA) is 80.3 Å². The van der Waals surface area contributed by atoms with Crippen molar-refractivity contribution in [3.63, 3.8) is 0 Å². The third-order valence-corrected chi connectivity index (χ3v) is 5.79. The Morgan fingerprint density at radius 2 is 2.03 bits per heavy atom. The van der Waals surface area contributed by atoms with Crippen molar-refractivity contribution >= 4 is 16.8 Å². The summed E-state index contributed by atoms with van der Waals surface area (Å²) in [6.45, 7) is 2.75. The maximum Gasteiger partial charge on any atom is 0.254 e. The third-order valence-electron chi connectivity index (χ3n) is 5.79. The first-order valence-corrected chi connectivity index (χ1v) is 11.1. The molecule has 0 aliphatic heterocycles. The number of aromatic nitrogens is 3. The van der Waals surface area contributed by atoms with Crippen LogP contribution in [0, 0.1) is 5.82 Å². The Morgan fingerprint density at radius 3 is 2.79 bits per heavy atom. The van der Waals surface area contributed by atoms with Crippen molar-refractivity contribution in [2.45, 2.75) is 19.4 Å². The quantitative estimate of drug-likeness (QED) is 0.378. The monoisotopic (exact) mass is 462 g/mol. The van der Waals surface area contributed by atoms with E-state index in [9.17, 15) is 9.18 Å². The average molecular weight is 463 g/mol. The van der Waals surface area contributed by atoms with E-state index in [1.807, 2.05) is 13.0 Å². The van der Waals surface area contributed by atoms with Gasteiger partial charge in [-0.15, -0.1) is 0 Å². The lowest BCUT2D eigenvalue weighted by molar-refractivity contribution is 0.0690. The molecule has 0 aliphatic carbocycles. The molecule has 0 spiro atoms. The van der Waals surface area contributed by atoms with Crippen LogP contribution in [-0.4, -0.2) is 53.4 Å². The van der Waals surface area contributed by atoms with E-state index in [-0.39, 0.29) is 17.8 Å². The second-order valence-corrected chi connectivity index (χ2v) is 7.93. The van der Waals surface area contributed by atoms with Crippen LogP contribution in [0.15, 0.2) is 61.1 Å². The molecule has 2 heterocycles. The standard InChI is InChI=1S/C26H27FN4O3/c1-4-34-24-13-18(8-9-21(24)17-6-5-7-20(27)12-17)26(32)31(2)23(10-11-33-3)22-16-28-14-19-15-29-30-25(19)22/h5-9,12-16,23H,4,10-11H2,1-3H3,(H,29,30)/t23-/m1/s1. The lowest BCUT2D eigenvalue weighted by atomic mass is 9.99. The highest BCUT2D eigenvalue weighted by Gasteiger charge is 2.26.